The molecule has 8 nitrogen and oxygen atoms in total. The molecule has 0 unspecified atom stereocenters. The van der Waals surface area contributed by atoms with Gasteiger partial charge in [0.05, 0.1) is 24.5 Å². The second kappa shape index (κ2) is 6.72. The zero-order valence-corrected chi connectivity index (χ0v) is 14.5. The molecule has 0 aliphatic carbocycles. The molecule has 0 bridgehead atoms. The van der Waals surface area contributed by atoms with E-state index in [4.69, 9.17) is 9.15 Å². The molecular formula is C16H23N5O3. The second-order valence-electron chi connectivity index (χ2n) is 6.24. The van der Waals surface area contributed by atoms with Crippen LogP contribution in [-0.4, -0.2) is 50.5 Å². The van der Waals surface area contributed by atoms with Gasteiger partial charge in [0, 0.05) is 25.7 Å². The molecule has 130 valence electrons. The first-order valence-electron chi connectivity index (χ1n) is 8.25. The van der Waals surface area contributed by atoms with Crippen molar-refractivity contribution in [3.63, 3.8) is 0 Å². The van der Waals surface area contributed by atoms with E-state index in [0.29, 0.717) is 43.5 Å². The molecule has 1 aliphatic heterocycles. The fourth-order valence-corrected chi connectivity index (χ4v) is 2.79. The fraction of sp³-hybridized carbons (Fsp3) is 0.625. The number of carbonyl (C=O) groups excluding carboxylic acids is 1. The van der Waals surface area contributed by atoms with Gasteiger partial charge >= 0.3 is 0 Å². The smallest absolute Gasteiger partial charge is 0.258 e. The van der Waals surface area contributed by atoms with Crippen LogP contribution >= 0.6 is 0 Å². The third-order valence-electron chi connectivity index (χ3n) is 4.10. The van der Waals surface area contributed by atoms with Crippen LogP contribution in [0.5, 0.6) is 0 Å². The lowest BCUT2D eigenvalue weighted by Crippen LogP contribution is -2.43. The summed E-state index contributed by atoms with van der Waals surface area (Å²) in [7, 11) is 1.82. The minimum absolute atomic E-state index is 0.0717. The molecule has 0 spiro atoms. The lowest BCUT2D eigenvalue weighted by Gasteiger charge is -2.33. The Hall–Kier alpha value is -2.22. The maximum Gasteiger partial charge on any atom is 0.258 e. The van der Waals surface area contributed by atoms with E-state index in [0.717, 1.165) is 5.69 Å². The van der Waals surface area contributed by atoms with Crippen LogP contribution < -0.4 is 0 Å². The van der Waals surface area contributed by atoms with Crippen molar-refractivity contribution in [2.45, 2.75) is 39.2 Å². The summed E-state index contributed by atoms with van der Waals surface area (Å²) in [4.78, 5) is 14.8. The number of aromatic nitrogens is 4. The van der Waals surface area contributed by atoms with E-state index in [-0.39, 0.29) is 17.9 Å². The Morgan fingerprint density at radius 1 is 1.42 bits per heavy atom. The maximum absolute atomic E-state index is 13.0. The predicted molar refractivity (Wildman–Crippen MR) is 85.6 cm³/mol. The molecule has 0 radical (unpaired) electrons. The maximum atomic E-state index is 13.0. The molecule has 1 fully saturated rings. The zero-order chi connectivity index (χ0) is 17.3. The first kappa shape index (κ1) is 16.6. The minimum atomic E-state index is -0.365. The predicted octanol–water partition coefficient (Wildman–Crippen LogP) is 1.70. The van der Waals surface area contributed by atoms with Crippen LogP contribution in [0.25, 0.3) is 0 Å². The second-order valence-corrected chi connectivity index (χ2v) is 6.24. The van der Waals surface area contributed by atoms with Crippen LogP contribution in [0.1, 0.15) is 60.6 Å². The van der Waals surface area contributed by atoms with Crippen molar-refractivity contribution in [3.05, 3.63) is 29.2 Å². The van der Waals surface area contributed by atoms with Gasteiger partial charge in [-0.1, -0.05) is 20.8 Å². The van der Waals surface area contributed by atoms with Crippen LogP contribution in [0.4, 0.5) is 0 Å². The van der Waals surface area contributed by atoms with E-state index in [2.05, 4.69) is 15.3 Å². The monoisotopic (exact) mass is 333 g/mol. The summed E-state index contributed by atoms with van der Waals surface area (Å²) in [5.41, 5.74) is 1.41. The van der Waals surface area contributed by atoms with Crippen LogP contribution in [0.3, 0.4) is 0 Å². The van der Waals surface area contributed by atoms with Crippen molar-refractivity contribution < 1.29 is 13.9 Å². The number of morpholine rings is 1. The summed E-state index contributed by atoms with van der Waals surface area (Å²) in [5, 5.41) is 12.5. The van der Waals surface area contributed by atoms with E-state index in [1.807, 2.05) is 27.8 Å². The van der Waals surface area contributed by atoms with Crippen molar-refractivity contribution in [1.29, 1.82) is 0 Å². The molecule has 2 aromatic heterocycles. The van der Waals surface area contributed by atoms with Gasteiger partial charge in [-0.05, 0) is 6.42 Å². The standard InChI is InChI=1S/C16H23N5O3/c1-5-12-11(8-20(4)19-12)16(22)21-6-7-23-9-13(21)15-18-17-14(24-15)10(2)3/h8,10,13H,5-7,9H2,1-4H3/t13-/m1/s1. The minimum Gasteiger partial charge on any atom is -0.423 e. The lowest BCUT2D eigenvalue weighted by atomic mass is 10.1. The zero-order valence-electron chi connectivity index (χ0n) is 14.5. The summed E-state index contributed by atoms with van der Waals surface area (Å²) in [6, 6.07) is -0.365. The quantitative estimate of drug-likeness (QED) is 0.846. The van der Waals surface area contributed by atoms with Gasteiger partial charge in [-0.2, -0.15) is 5.10 Å². The Kier molecular flexibility index (Phi) is 4.66. The molecule has 24 heavy (non-hydrogen) atoms. The Balaban J connectivity index is 1.89. The van der Waals surface area contributed by atoms with Gasteiger partial charge < -0.3 is 14.1 Å². The highest BCUT2D eigenvalue weighted by Gasteiger charge is 2.34. The van der Waals surface area contributed by atoms with Crippen LogP contribution in [0.15, 0.2) is 10.6 Å². The summed E-state index contributed by atoms with van der Waals surface area (Å²) in [6.07, 6.45) is 2.47. The SMILES string of the molecule is CCc1nn(C)cc1C(=O)N1CCOC[C@@H]1c1nnc(C(C)C)o1. The number of nitrogens with zero attached hydrogens (tertiary/aromatic N) is 5. The van der Waals surface area contributed by atoms with E-state index in [9.17, 15) is 4.79 Å². The highest BCUT2D eigenvalue weighted by molar-refractivity contribution is 5.95. The lowest BCUT2D eigenvalue weighted by molar-refractivity contribution is -0.0108. The van der Waals surface area contributed by atoms with Gasteiger partial charge in [0.15, 0.2) is 0 Å². The van der Waals surface area contributed by atoms with Gasteiger partial charge in [0.2, 0.25) is 11.8 Å². The highest BCUT2D eigenvalue weighted by atomic mass is 16.5. The van der Waals surface area contributed by atoms with E-state index in [1.54, 1.807) is 15.8 Å². The number of rotatable bonds is 4. The van der Waals surface area contributed by atoms with Crippen LogP contribution in [0, 0.1) is 0 Å². The first-order valence-corrected chi connectivity index (χ1v) is 8.25. The summed E-state index contributed by atoms with van der Waals surface area (Å²) in [5.74, 6) is 1.06. The Bertz CT molecular complexity index is 721. The third-order valence-corrected chi connectivity index (χ3v) is 4.10. The topological polar surface area (TPSA) is 86.3 Å². The van der Waals surface area contributed by atoms with Crippen LogP contribution in [-0.2, 0) is 18.2 Å². The molecule has 0 N–H and O–H groups in total. The van der Waals surface area contributed by atoms with Gasteiger partial charge in [-0.15, -0.1) is 10.2 Å². The summed E-state index contributed by atoms with van der Waals surface area (Å²) in [6.45, 7) is 7.30. The number of aryl methyl sites for hydroxylation is 2. The fourth-order valence-electron chi connectivity index (χ4n) is 2.79. The normalized spacial score (nSPS) is 18.4. The molecule has 3 heterocycles. The van der Waals surface area contributed by atoms with Crippen LogP contribution in [0.2, 0.25) is 0 Å². The molecule has 1 atom stereocenters. The molecule has 2 aromatic rings. The number of carbonyl (C=O) groups is 1. The van der Waals surface area contributed by atoms with Gasteiger partial charge in [0.1, 0.15) is 6.04 Å². The third kappa shape index (κ3) is 3.06. The Labute approximate surface area is 140 Å². The first-order chi connectivity index (χ1) is 11.5. The van der Waals surface area contributed by atoms with Gasteiger partial charge in [0.25, 0.3) is 5.91 Å². The molecule has 8 heteroatoms. The molecular weight excluding hydrogens is 310 g/mol. The summed E-state index contributed by atoms with van der Waals surface area (Å²) >= 11 is 0. The molecule has 0 aromatic carbocycles. The van der Waals surface area contributed by atoms with Crippen molar-refractivity contribution in [2.24, 2.45) is 7.05 Å². The van der Waals surface area contributed by atoms with E-state index >= 15 is 0 Å². The molecule has 3 rings (SSSR count). The summed E-state index contributed by atoms with van der Waals surface area (Å²) < 4.78 is 13.0. The average molecular weight is 333 g/mol. The number of hydrogen-bond donors (Lipinski definition) is 0. The largest absolute Gasteiger partial charge is 0.423 e. The number of amides is 1. The Morgan fingerprint density at radius 2 is 2.21 bits per heavy atom. The van der Waals surface area contributed by atoms with Gasteiger partial charge in [-0.3, -0.25) is 9.48 Å². The van der Waals surface area contributed by atoms with Crippen molar-refractivity contribution in [2.75, 3.05) is 19.8 Å². The average Bonchev–Trinajstić information content (AvgIpc) is 3.20. The molecule has 1 saturated heterocycles. The molecule has 0 saturated carbocycles. The molecule has 1 amide bonds. The highest BCUT2D eigenvalue weighted by Crippen LogP contribution is 2.27. The Morgan fingerprint density at radius 3 is 2.88 bits per heavy atom. The van der Waals surface area contributed by atoms with E-state index in [1.165, 1.54) is 0 Å². The van der Waals surface area contributed by atoms with Crippen molar-refractivity contribution in [3.8, 4) is 0 Å². The van der Waals surface area contributed by atoms with Crippen molar-refractivity contribution in [1.82, 2.24) is 24.9 Å². The van der Waals surface area contributed by atoms with Gasteiger partial charge in [-0.25, -0.2) is 0 Å². The van der Waals surface area contributed by atoms with Crippen molar-refractivity contribution >= 4 is 5.91 Å². The molecule has 1 aliphatic rings. The van der Waals surface area contributed by atoms with E-state index < -0.39 is 0 Å². The number of ether oxygens (including phenoxy) is 1. The number of hydrogen-bond acceptors (Lipinski definition) is 6.